The number of rotatable bonds is 7. The van der Waals surface area contributed by atoms with Gasteiger partial charge in [-0.15, -0.1) is 0 Å². The van der Waals surface area contributed by atoms with Gasteiger partial charge in [0, 0.05) is 63.7 Å². The van der Waals surface area contributed by atoms with E-state index in [1.165, 1.54) is 65.3 Å². The van der Waals surface area contributed by atoms with Crippen LogP contribution in [-0.2, 0) is 0 Å². The number of aromatic nitrogens is 3. The molecule has 12 rings (SSSR count). The molecule has 4 heteroatoms. The molecule has 9 aromatic carbocycles. The van der Waals surface area contributed by atoms with Gasteiger partial charge in [-0.1, -0.05) is 121 Å². The summed E-state index contributed by atoms with van der Waals surface area (Å²) in [6.07, 6.45) is 7.36. The van der Waals surface area contributed by atoms with Crippen molar-refractivity contribution in [3.05, 3.63) is 231 Å². The summed E-state index contributed by atoms with van der Waals surface area (Å²) in [5, 5.41) is 10.1. The van der Waals surface area contributed by atoms with E-state index in [2.05, 4.69) is 201 Å². The number of benzene rings is 9. The number of hydrogen-bond acceptors (Lipinski definition) is 3. The zero-order valence-electron chi connectivity index (χ0n) is 33.7. The van der Waals surface area contributed by atoms with E-state index < -0.39 is 0 Å². The van der Waals surface area contributed by atoms with Crippen molar-refractivity contribution in [2.24, 2.45) is 0 Å². The van der Waals surface area contributed by atoms with Crippen LogP contribution in [0.5, 0.6) is 0 Å². The first kappa shape index (κ1) is 35.6. The highest BCUT2D eigenvalue weighted by Crippen LogP contribution is 2.47. The van der Waals surface area contributed by atoms with Crippen LogP contribution in [0.3, 0.4) is 0 Å². The molecule has 0 aliphatic carbocycles. The quantitative estimate of drug-likeness (QED) is 0.151. The lowest BCUT2D eigenvalue weighted by atomic mass is 9.89. The van der Waals surface area contributed by atoms with E-state index in [0.717, 1.165) is 45.0 Å². The largest absolute Gasteiger partial charge is 0.311 e. The van der Waals surface area contributed by atoms with Crippen LogP contribution < -0.4 is 4.90 Å². The van der Waals surface area contributed by atoms with E-state index in [-0.39, 0.29) is 0 Å². The van der Waals surface area contributed by atoms with E-state index >= 15 is 0 Å². The molecule has 0 atom stereocenters. The summed E-state index contributed by atoms with van der Waals surface area (Å²) >= 11 is 0. The molecular formula is C58H38N4. The van der Waals surface area contributed by atoms with Crippen LogP contribution in [0, 0.1) is 0 Å². The molecule has 0 N–H and O–H groups in total. The van der Waals surface area contributed by atoms with E-state index in [4.69, 9.17) is 0 Å². The van der Waals surface area contributed by atoms with Crippen LogP contribution in [0.4, 0.5) is 17.1 Å². The van der Waals surface area contributed by atoms with Gasteiger partial charge in [0.15, 0.2) is 0 Å². The van der Waals surface area contributed by atoms with Crippen molar-refractivity contribution in [2.75, 3.05) is 4.90 Å². The highest BCUT2D eigenvalue weighted by Gasteiger charge is 2.22. The van der Waals surface area contributed by atoms with E-state index in [9.17, 15) is 0 Å². The van der Waals surface area contributed by atoms with Crippen molar-refractivity contribution in [1.82, 2.24) is 14.5 Å². The fourth-order valence-electron chi connectivity index (χ4n) is 9.54. The monoisotopic (exact) mass is 790 g/mol. The van der Waals surface area contributed by atoms with Gasteiger partial charge in [-0.05, 0) is 145 Å². The van der Waals surface area contributed by atoms with Crippen LogP contribution in [0.2, 0.25) is 0 Å². The Morgan fingerprint density at radius 2 is 0.742 bits per heavy atom. The van der Waals surface area contributed by atoms with E-state index in [1.807, 2.05) is 49.1 Å². The fourth-order valence-corrected chi connectivity index (χ4v) is 9.54. The average Bonchev–Trinajstić information content (AvgIpc) is 3.71. The second kappa shape index (κ2) is 14.7. The minimum atomic E-state index is 1.08. The number of nitrogens with zero attached hydrogens (tertiary/aromatic N) is 4. The van der Waals surface area contributed by atoms with Crippen LogP contribution in [0.15, 0.2) is 231 Å². The second-order valence-electron chi connectivity index (χ2n) is 15.8. The van der Waals surface area contributed by atoms with Crippen molar-refractivity contribution in [1.29, 1.82) is 0 Å². The third kappa shape index (κ3) is 5.84. The lowest BCUT2D eigenvalue weighted by molar-refractivity contribution is 1.19. The molecule has 290 valence electrons. The standard InChI is InChI=1S/C58H38N4/c1-2-10-44(11-3-1)62-55-17-9-8-16-52(55)56-51-15-7-5-13-49(51)54-38-53(48-12-4-6-14-50(48)57(54)58(56)62)43-22-28-47(29-23-43)61(45-24-18-39(19-25-45)41-30-34-59-35-31-41)46-26-20-40(21-27-46)42-32-36-60-37-33-42/h1-38H. The van der Waals surface area contributed by atoms with Gasteiger partial charge in [0.1, 0.15) is 0 Å². The molecule has 0 amide bonds. The minimum Gasteiger partial charge on any atom is -0.311 e. The van der Waals surface area contributed by atoms with Crippen LogP contribution >= 0.6 is 0 Å². The van der Waals surface area contributed by atoms with Crippen molar-refractivity contribution >= 4 is 71.2 Å². The summed E-state index contributed by atoms with van der Waals surface area (Å²) in [5.74, 6) is 0. The fraction of sp³-hybridized carbons (Fsp3) is 0. The van der Waals surface area contributed by atoms with Gasteiger partial charge in [-0.25, -0.2) is 0 Å². The minimum absolute atomic E-state index is 1.08. The van der Waals surface area contributed by atoms with Crippen molar-refractivity contribution in [3.8, 4) is 39.1 Å². The molecule has 3 aromatic heterocycles. The first-order valence-electron chi connectivity index (χ1n) is 21.0. The average molecular weight is 791 g/mol. The number of hydrogen-bond donors (Lipinski definition) is 0. The maximum Gasteiger partial charge on any atom is 0.0632 e. The first-order chi connectivity index (χ1) is 30.8. The van der Waals surface area contributed by atoms with E-state index in [1.54, 1.807) is 0 Å². The summed E-state index contributed by atoms with van der Waals surface area (Å²) < 4.78 is 2.47. The third-order valence-electron chi connectivity index (χ3n) is 12.4. The molecule has 62 heavy (non-hydrogen) atoms. The van der Waals surface area contributed by atoms with Gasteiger partial charge >= 0.3 is 0 Å². The Morgan fingerprint density at radius 1 is 0.323 bits per heavy atom. The van der Waals surface area contributed by atoms with Crippen molar-refractivity contribution < 1.29 is 0 Å². The summed E-state index contributed by atoms with van der Waals surface area (Å²) in [6.45, 7) is 0. The SMILES string of the molecule is c1ccc(-n2c3ccccc3c3c4ccccc4c4cc(-c5ccc(N(c6ccc(-c7ccncc7)cc6)c6ccc(-c7ccncc7)cc6)cc5)c5ccccc5c4c32)cc1. The number of fused-ring (bicyclic) bond motifs is 10. The van der Waals surface area contributed by atoms with Gasteiger partial charge in [0.05, 0.1) is 11.0 Å². The predicted octanol–water partition coefficient (Wildman–Crippen LogP) is 15.5. The summed E-state index contributed by atoms with van der Waals surface area (Å²) in [4.78, 5) is 10.8. The van der Waals surface area contributed by atoms with Gasteiger partial charge in [-0.2, -0.15) is 0 Å². The molecule has 0 radical (unpaired) electrons. The smallest absolute Gasteiger partial charge is 0.0632 e. The Kier molecular flexibility index (Phi) is 8.46. The highest BCUT2D eigenvalue weighted by molar-refractivity contribution is 6.37. The van der Waals surface area contributed by atoms with Gasteiger partial charge < -0.3 is 9.47 Å². The highest BCUT2D eigenvalue weighted by atomic mass is 15.1. The normalized spacial score (nSPS) is 11.5. The van der Waals surface area contributed by atoms with Gasteiger partial charge in [0.25, 0.3) is 0 Å². The molecule has 3 heterocycles. The Balaban J connectivity index is 1.04. The molecule has 0 aliphatic heterocycles. The van der Waals surface area contributed by atoms with Crippen molar-refractivity contribution in [2.45, 2.75) is 0 Å². The van der Waals surface area contributed by atoms with E-state index in [0.29, 0.717) is 0 Å². The Labute approximate surface area is 359 Å². The van der Waals surface area contributed by atoms with Crippen LogP contribution in [0.1, 0.15) is 0 Å². The molecule has 0 fully saturated rings. The molecule has 12 aromatic rings. The zero-order chi connectivity index (χ0) is 41.0. The Morgan fingerprint density at radius 3 is 1.31 bits per heavy atom. The topological polar surface area (TPSA) is 34.0 Å². The maximum absolute atomic E-state index is 4.22. The van der Waals surface area contributed by atoms with Crippen molar-refractivity contribution in [3.63, 3.8) is 0 Å². The predicted molar refractivity (Wildman–Crippen MR) is 260 cm³/mol. The van der Waals surface area contributed by atoms with Crippen LogP contribution in [-0.4, -0.2) is 14.5 Å². The molecule has 0 saturated carbocycles. The summed E-state index contributed by atoms with van der Waals surface area (Å²) in [7, 11) is 0. The molecule has 0 bridgehead atoms. The Hall–Kier alpha value is -8.34. The lowest BCUT2D eigenvalue weighted by Gasteiger charge is -2.26. The molecular weight excluding hydrogens is 753 g/mol. The number of anilines is 3. The number of pyridine rings is 2. The molecule has 4 nitrogen and oxygen atoms in total. The number of para-hydroxylation sites is 2. The van der Waals surface area contributed by atoms with Gasteiger partial charge in [-0.3, -0.25) is 9.97 Å². The lowest BCUT2D eigenvalue weighted by Crippen LogP contribution is -2.09. The molecule has 0 spiro atoms. The molecule has 0 aliphatic rings. The van der Waals surface area contributed by atoms with Crippen LogP contribution in [0.25, 0.3) is 93.2 Å². The molecule has 0 unspecified atom stereocenters. The summed E-state index contributed by atoms with van der Waals surface area (Å²) in [6, 6.07) is 74.9. The Bertz CT molecular complexity index is 3500. The second-order valence-corrected chi connectivity index (χ2v) is 15.8. The zero-order valence-corrected chi connectivity index (χ0v) is 33.7. The summed E-state index contributed by atoms with van der Waals surface area (Å²) in [5.41, 5.74) is 13.8. The third-order valence-corrected chi connectivity index (χ3v) is 12.4. The van der Waals surface area contributed by atoms with Gasteiger partial charge in [0.2, 0.25) is 0 Å². The molecule has 0 saturated heterocycles. The maximum atomic E-state index is 4.22. The first-order valence-corrected chi connectivity index (χ1v) is 21.0.